The number of aryl methyl sites for hydroxylation is 1. The highest BCUT2D eigenvalue weighted by Crippen LogP contribution is 2.30. The largest absolute Gasteiger partial charge is 0.334 e. The smallest absolute Gasteiger partial charge is 0.317 e. The average molecular weight is 475 g/mol. The topological polar surface area (TPSA) is 77.2 Å². The van der Waals surface area contributed by atoms with Crippen LogP contribution in [0.15, 0.2) is 41.6 Å². The summed E-state index contributed by atoms with van der Waals surface area (Å²) in [7, 11) is 0. The van der Waals surface area contributed by atoms with Crippen LogP contribution in [0.4, 0.5) is 4.79 Å². The maximum Gasteiger partial charge on any atom is 0.317 e. The SMILES string of the molecule is CC1=C(CN2CC(C)CC(NC(=O)N3CCc4[nH]nc(-c5ccnc(C)c5)c4C3)C2)C(C)CC=C1. The van der Waals surface area contributed by atoms with Gasteiger partial charge in [-0.2, -0.15) is 5.10 Å². The third-order valence-corrected chi connectivity index (χ3v) is 7.81. The van der Waals surface area contributed by atoms with Crippen LogP contribution in [0.25, 0.3) is 11.3 Å². The van der Waals surface area contributed by atoms with E-state index in [4.69, 9.17) is 0 Å². The number of rotatable bonds is 4. The summed E-state index contributed by atoms with van der Waals surface area (Å²) in [6.45, 7) is 13.1. The molecule has 5 rings (SSSR count). The minimum Gasteiger partial charge on any atom is -0.334 e. The van der Waals surface area contributed by atoms with Crippen LogP contribution < -0.4 is 5.32 Å². The van der Waals surface area contributed by atoms with Gasteiger partial charge in [-0.1, -0.05) is 37.1 Å². The summed E-state index contributed by atoms with van der Waals surface area (Å²) in [5, 5.41) is 11.2. The molecular weight excluding hydrogens is 436 g/mol. The van der Waals surface area contributed by atoms with Gasteiger partial charge in [0.25, 0.3) is 0 Å². The summed E-state index contributed by atoms with van der Waals surface area (Å²) >= 11 is 0. The van der Waals surface area contributed by atoms with Crippen molar-refractivity contribution in [3.05, 3.63) is 58.6 Å². The first kappa shape index (κ1) is 23.8. The third-order valence-electron chi connectivity index (χ3n) is 7.81. The van der Waals surface area contributed by atoms with Gasteiger partial charge >= 0.3 is 6.03 Å². The van der Waals surface area contributed by atoms with Gasteiger partial charge in [0.05, 0.1) is 12.2 Å². The molecule has 3 atom stereocenters. The quantitative estimate of drug-likeness (QED) is 0.685. The van der Waals surface area contributed by atoms with Gasteiger partial charge in [-0.25, -0.2) is 4.79 Å². The number of aromatic nitrogens is 3. The first-order valence-corrected chi connectivity index (χ1v) is 13.0. The van der Waals surface area contributed by atoms with Gasteiger partial charge in [0.2, 0.25) is 0 Å². The van der Waals surface area contributed by atoms with Crippen molar-refractivity contribution in [3.63, 3.8) is 0 Å². The second-order valence-corrected chi connectivity index (χ2v) is 10.8. The van der Waals surface area contributed by atoms with Crippen LogP contribution in [0.3, 0.4) is 0 Å². The monoisotopic (exact) mass is 474 g/mol. The Morgan fingerprint density at radius 1 is 1.26 bits per heavy atom. The van der Waals surface area contributed by atoms with Crippen LogP contribution >= 0.6 is 0 Å². The fourth-order valence-corrected chi connectivity index (χ4v) is 5.97. The number of nitrogens with zero attached hydrogens (tertiary/aromatic N) is 4. The maximum atomic E-state index is 13.3. The first-order chi connectivity index (χ1) is 16.9. The molecule has 1 saturated heterocycles. The summed E-state index contributed by atoms with van der Waals surface area (Å²) in [4.78, 5) is 22.1. The molecule has 35 heavy (non-hydrogen) atoms. The molecule has 2 N–H and O–H groups in total. The van der Waals surface area contributed by atoms with Crippen LogP contribution in [-0.4, -0.2) is 63.2 Å². The zero-order chi connectivity index (χ0) is 24.5. The van der Waals surface area contributed by atoms with E-state index in [0.717, 1.165) is 67.1 Å². The van der Waals surface area contributed by atoms with Crippen LogP contribution in [-0.2, 0) is 13.0 Å². The van der Waals surface area contributed by atoms with Gasteiger partial charge < -0.3 is 10.2 Å². The van der Waals surface area contributed by atoms with Crippen LogP contribution in [0.2, 0.25) is 0 Å². The molecule has 0 bridgehead atoms. The van der Waals surface area contributed by atoms with Gasteiger partial charge in [0.15, 0.2) is 0 Å². The maximum absolute atomic E-state index is 13.3. The van der Waals surface area contributed by atoms with E-state index in [1.165, 1.54) is 5.57 Å². The number of fused-ring (bicyclic) bond motifs is 1. The van der Waals surface area contributed by atoms with Gasteiger partial charge in [-0.15, -0.1) is 0 Å². The highest BCUT2D eigenvalue weighted by atomic mass is 16.2. The number of pyridine rings is 1. The lowest BCUT2D eigenvalue weighted by molar-refractivity contribution is 0.144. The van der Waals surface area contributed by atoms with Crippen molar-refractivity contribution in [3.8, 4) is 11.3 Å². The zero-order valence-electron chi connectivity index (χ0n) is 21.5. The van der Waals surface area contributed by atoms with Crippen molar-refractivity contribution in [2.45, 2.75) is 59.5 Å². The summed E-state index contributed by atoms with van der Waals surface area (Å²) in [6, 6.07) is 4.25. The molecule has 0 aromatic carbocycles. The minimum absolute atomic E-state index is 0.0390. The van der Waals surface area contributed by atoms with E-state index in [1.54, 1.807) is 5.57 Å². The van der Waals surface area contributed by atoms with E-state index in [9.17, 15) is 4.79 Å². The number of piperidine rings is 1. The molecule has 3 unspecified atom stereocenters. The molecule has 2 aromatic rings. The van der Waals surface area contributed by atoms with Crippen LogP contribution in [0.5, 0.6) is 0 Å². The lowest BCUT2D eigenvalue weighted by Crippen LogP contribution is -2.54. The van der Waals surface area contributed by atoms with Gasteiger partial charge in [0.1, 0.15) is 0 Å². The molecule has 4 heterocycles. The Bertz CT molecular complexity index is 1150. The van der Waals surface area contributed by atoms with E-state index in [-0.39, 0.29) is 12.1 Å². The molecule has 186 valence electrons. The lowest BCUT2D eigenvalue weighted by atomic mass is 9.87. The summed E-state index contributed by atoms with van der Waals surface area (Å²) < 4.78 is 0. The molecule has 0 radical (unpaired) electrons. The predicted molar refractivity (Wildman–Crippen MR) is 139 cm³/mol. The van der Waals surface area contributed by atoms with Crippen molar-refractivity contribution >= 4 is 6.03 Å². The molecule has 2 aliphatic heterocycles. The van der Waals surface area contributed by atoms with Crippen LogP contribution in [0, 0.1) is 18.8 Å². The number of amides is 2. The Labute approximate surface area is 208 Å². The van der Waals surface area contributed by atoms with Gasteiger partial charge in [0, 0.05) is 67.4 Å². The van der Waals surface area contributed by atoms with Crippen LogP contribution in [0.1, 0.15) is 50.6 Å². The highest BCUT2D eigenvalue weighted by molar-refractivity contribution is 5.76. The fourth-order valence-electron chi connectivity index (χ4n) is 5.97. The number of carbonyl (C=O) groups is 1. The Morgan fingerprint density at radius 3 is 2.91 bits per heavy atom. The number of hydrogen-bond acceptors (Lipinski definition) is 4. The Balaban J connectivity index is 1.24. The van der Waals surface area contributed by atoms with Crippen molar-refractivity contribution in [1.29, 1.82) is 0 Å². The average Bonchev–Trinajstić information content (AvgIpc) is 3.24. The van der Waals surface area contributed by atoms with E-state index in [0.29, 0.717) is 24.9 Å². The first-order valence-electron chi connectivity index (χ1n) is 13.0. The second kappa shape index (κ2) is 9.97. The molecule has 7 heteroatoms. The molecule has 7 nitrogen and oxygen atoms in total. The van der Waals surface area contributed by atoms with Crippen molar-refractivity contribution in [2.24, 2.45) is 11.8 Å². The second-order valence-electron chi connectivity index (χ2n) is 10.8. The number of aromatic amines is 1. The third kappa shape index (κ3) is 5.20. The number of likely N-dealkylation sites (tertiary alicyclic amines) is 1. The standard InChI is InChI=1S/C28H38N6O/c1-18-12-23(15-33(14-18)16-24-19(2)6-5-7-20(24)3)30-28(35)34-11-9-26-25(17-34)27(32-31-26)22-8-10-29-21(4)13-22/h5-6,8,10,13,18,20,23H,7,9,11-12,14-17H2,1-4H3,(H,30,35)(H,31,32). The van der Waals surface area contributed by atoms with E-state index in [2.05, 4.69) is 58.3 Å². The number of allylic oxidation sites excluding steroid dienone is 3. The molecular formula is C28H38N6O. The minimum atomic E-state index is 0.0390. The predicted octanol–water partition coefficient (Wildman–Crippen LogP) is 4.47. The molecule has 0 spiro atoms. The Hall–Kier alpha value is -2.93. The molecule has 1 fully saturated rings. The summed E-state index contributed by atoms with van der Waals surface area (Å²) in [5.74, 6) is 1.16. The summed E-state index contributed by atoms with van der Waals surface area (Å²) in [6.07, 6.45) is 9.33. The number of carbonyl (C=O) groups excluding carboxylic acids is 1. The molecule has 1 aliphatic carbocycles. The molecule has 2 aromatic heterocycles. The fraction of sp³-hybridized carbons (Fsp3) is 0.536. The van der Waals surface area contributed by atoms with Crippen molar-refractivity contribution in [1.82, 2.24) is 30.3 Å². The number of nitrogens with one attached hydrogen (secondary N) is 2. The van der Waals surface area contributed by atoms with E-state index in [1.807, 2.05) is 30.2 Å². The van der Waals surface area contributed by atoms with Gasteiger partial charge in [-0.05, 0) is 50.7 Å². The Morgan fingerprint density at radius 2 is 2.11 bits per heavy atom. The Kier molecular flexibility index (Phi) is 6.78. The lowest BCUT2D eigenvalue weighted by Gasteiger charge is -2.39. The number of hydrogen-bond donors (Lipinski definition) is 2. The normalized spacial score (nSPS) is 25.0. The number of H-pyrrole nitrogens is 1. The molecule has 2 amide bonds. The van der Waals surface area contributed by atoms with Crippen molar-refractivity contribution < 1.29 is 4.79 Å². The van der Waals surface area contributed by atoms with Crippen molar-refractivity contribution in [2.75, 3.05) is 26.2 Å². The molecule has 0 saturated carbocycles. The summed E-state index contributed by atoms with van der Waals surface area (Å²) in [5.41, 5.74) is 8.16. The highest BCUT2D eigenvalue weighted by Gasteiger charge is 2.31. The van der Waals surface area contributed by atoms with E-state index >= 15 is 0 Å². The zero-order valence-corrected chi connectivity index (χ0v) is 21.5. The van der Waals surface area contributed by atoms with E-state index < -0.39 is 0 Å². The molecule has 3 aliphatic rings. The van der Waals surface area contributed by atoms with Gasteiger partial charge in [-0.3, -0.25) is 15.0 Å². The number of urea groups is 1.